The molecule has 0 bridgehead atoms. The van der Waals surface area contributed by atoms with E-state index < -0.39 is 0 Å². The Morgan fingerprint density at radius 2 is 2.55 bits per heavy atom. The maximum absolute atomic E-state index is 8.75. The lowest BCUT2D eigenvalue weighted by atomic mass is 10.1. The van der Waals surface area contributed by atoms with Crippen molar-refractivity contribution in [3.63, 3.8) is 0 Å². The zero-order chi connectivity index (χ0) is 14.4. The molecule has 0 amide bonds. The monoisotopic (exact) mass is 279 g/mol. The molecule has 110 valence electrons. The average molecular weight is 279 g/mol. The third kappa shape index (κ3) is 3.89. The molecule has 0 saturated carbocycles. The molecular formula is C13H21N5O2. The molecule has 7 nitrogen and oxygen atoms in total. The fourth-order valence-corrected chi connectivity index (χ4v) is 2.22. The number of oxime groups is 1. The lowest BCUT2D eigenvalue weighted by Crippen LogP contribution is -2.44. The maximum atomic E-state index is 8.75. The van der Waals surface area contributed by atoms with E-state index in [4.69, 9.17) is 15.7 Å². The molecule has 0 spiro atoms. The first-order valence-corrected chi connectivity index (χ1v) is 6.63. The summed E-state index contributed by atoms with van der Waals surface area (Å²) < 4.78 is 5.68. The van der Waals surface area contributed by atoms with Crippen molar-refractivity contribution in [1.82, 2.24) is 15.2 Å². The molecule has 2 heterocycles. The number of aromatic nitrogens is 1. The Morgan fingerprint density at radius 3 is 3.30 bits per heavy atom. The minimum absolute atomic E-state index is 0.0241. The van der Waals surface area contributed by atoms with Gasteiger partial charge < -0.3 is 25.9 Å². The van der Waals surface area contributed by atoms with E-state index in [2.05, 4.69) is 27.4 Å². The molecule has 1 aromatic heterocycles. The van der Waals surface area contributed by atoms with Gasteiger partial charge in [-0.2, -0.15) is 0 Å². The zero-order valence-electron chi connectivity index (χ0n) is 11.6. The summed E-state index contributed by atoms with van der Waals surface area (Å²) in [5, 5.41) is 15.1. The fraction of sp³-hybridized carbons (Fsp3) is 0.538. The van der Waals surface area contributed by atoms with Gasteiger partial charge in [0, 0.05) is 32.4 Å². The van der Waals surface area contributed by atoms with Gasteiger partial charge in [-0.15, -0.1) is 0 Å². The lowest BCUT2D eigenvalue weighted by molar-refractivity contribution is -0.0182. The maximum Gasteiger partial charge on any atom is 0.189 e. The van der Waals surface area contributed by atoms with E-state index >= 15 is 0 Å². The molecule has 1 aliphatic heterocycles. The molecule has 0 aliphatic carbocycles. The molecule has 1 unspecified atom stereocenters. The molecule has 1 aromatic rings. The van der Waals surface area contributed by atoms with Crippen molar-refractivity contribution >= 4 is 5.84 Å². The van der Waals surface area contributed by atoms with Gasteiger partial charge in [0.2, 0.25) is 0 Å². The second kappa shape index (κ2) is 7.18. The van der Waals surface area contributed by atoms with Crippen LogP contribution in [0.1, 0.15) is 11.3 Å². The van der Waals surface area contributed by atoms with E-state index in [-0.39, 0.29) is 11.9 Å². The highest BCUT2D eigenvalue weighted by molar-refractivity contribution is 5.96. The van der Waals surface area contributed by atoms with E-state index in [1.807, 2.05) is 12.1 Å². The average Bonchev–Trinajstić information content (AvgIpc) is 2.47. The van der Waals surface area contributed by atoms with Crippen LogP contribution in [0, 0.1) is 0 Å². The summed E-state index contributed by atoms with van der Waals surface area (Å²) in [6.45, 7) is 4.03. The van der Waals surface area contributed by atoms with E-state index in [0.717, 1.165) is 31.8 Å². The van der Waals surface area contributed by atoms with Gasteiger partial charge in [0.15, 0.2) is 5.84 Å². The van der Waals surface area contributed by atoms with Crippen molar-refractivity contribution in [3.8, 4) is 0 Å². The van der Waals surface area contributed by atoms with Crippen LogP contribution in [0.25, 0.3) is 0 Å². The number of likely N-dealkylation sites (N-methyl/N-ethyl adjacent to an activating group) is 1. The van der Waals surface area contributed by atoms with Gasteiger partial charge in [-0.1, -0.05) is 11.2 Å². The molecule has 7 heteroatoms. The predicted molar refractivity (Wildman–Crippen MR) is 75.7 cm³/mol. The number of ether oxygens (including phenoxy) is 1. The first kappa shape index (κ1) is 14.7. The van der Waals surface area contributed by atoms with E-state index in [0.29, 0.717) is 12.2 Å². The molecule has 1 saturated heterocycles. The summed E-state index contributed by atoms with van der Waals surface area (Å²) >= 11 is 0. The Kier molecular flexibility index (Phi) is 5.28. The molecule has 4 N–H and O–H groups in total. The Labute approximate surface area is 118 Å². The quantitative estimate of drug-likeness (QED) is 0.294. The molecule has 20 heavy (non-hydrogen) atoms. The first-order chi connectivity index (χ1) is 9.70. The van der Waals surface area contributed by atoms with Crippen molar-refractivity contribution in [1.29, 1.82) is 0 Å². The highest BCUT2D eigenvalue weighted by Crippen LogP contribution is 2.06. The predicted octanol–water partition coefficient (Wildman–Crippen LogP) is -0.404. The minimum Gasteiger partial charge on any atom is -0.409 e. The van der Waals surface area contributed by atoms with Crippen molar-refractivity contribution in [2.45, 2.75) is 12.6 Å². The van der Waals surface area contributed by atoms with E-state index in [1.54, 1.807) is 6.20 Å². The number of nitrogens with two attached hydrogens (primary N) is 1. The number of morpholine rings is 1. The number of nitrogens with one attached hydrogen (secondary N) is 1. The topological polar surface area (TPSA) is 96.0 Å². The smallest absolute Gasteiger partial charge is 0.189 e. The number of nitrogens with zero attached hydrogens (tertiary/aromatic N) is 3. The summed E-state index contributed by atoms with van der Waals surface area (Å²) in [5.74, 6) is 0.0241. The number of pyridine rings is 1. The van der Waals surface area contributed by atoms with Crippen LogP contribution in [0.15, 0.2) is 23.5 Å². The van der Waals surface area contributed by atoms with Gasteiger partial charge in [0.05, 0.1) is 12.7 Å². The van der Waals surface area contributed by atoms with Gasteiger partial charge in [-0.05, 0) is 18.7 Å². The van der Waals surface area contributed by atoms with Gasteiger partial charge >= 0.3 is 0 Å². The Balaban J connectivity index is 1.88. The van der Waals surface area contributed by atoms with Crippen LogP contribution in [-0.2, 0) is 11.3 Å². The third-order valence-electron chi connectivity index (χ3n) is 3.27. The van der Waals surface area contributed by atoms with Crippen molar-refractivity contribution in [3.05, 3.63) is 29.6 Å². The molecule has 1 atom stereocenters. The van der Waals surface area contributed by atoms with E-state index in [9.17, 15) is 0 Å². The third-order valence-corrected chi connectivity index (χ3v) is 3.27. The van der Waals surface area contributed by atoms with Crippen LogP contribution in [-0.4, -0.2) is 60.3 Å². The summed E-state index contributed by atoms with van der Waals surface area (Å²) in [4.78, 5) is 6.38. The summed E-state index contributed by atoms with van der Waals surface area (Å²) in [5.41, 5.74) is 7.01. The summed E-state index contributed by atoms with van der Waals surface area (Å²) in [6, 6.07) is 3.73. The largest absolute Gasteiger partial charge is 0.409 e. The lowest BCUT2D eigenvalue weighted by Gasteiger charge is -2.30. The first-order valence-electron chi connectivity index (χ1n) is 6.63. The van der Waals surface area contributed by atoms with Crippen LogP contribution in [0.5, 0.6) is 0 Å². The van der Waals surface area contributed by atoms with Gasteiger partial charge in [0.25, 0.3) is 0 Å². The highest BCUT2D eigenvalue weighted by Gasteiger charge is 2.17. The number of amidine groups is 1. The van der Waals surface area contributed by atoms with Crippen LogP contribution in [0.2, 0.25) is 0 Å². The van der Waals surface area contributed by atoms with Crippen molar-refractivity contribution < 1.29 is 9.94 Å². The summed E-state index contributed by atoms with van der Waals surface area (Å²) in [6.07, 6.45) is 1.81. The number of rotatable bonds is 5. The molecule has 1 aliphatic rings. The van der Waals surface area contributed by atoms with Crippen LogP contribution in [0.4, 0.5) is 0 Å². The SMILES string of the molecule is CN1CCOC(CNCc2cccnc2C(N)=NO)C1. The van der Waals surface area contributed by atoms with Crippen molar-refractivity contribution in [2.75, 3.05) is 33.3 Å². The Bertz CT molecular complexity index is 466. The number of hydrogen-bond donors (Lipinski definition) is 3. The highest BCUT2D eigenvalue weighted by atomic mass is 16.5. The molecule has 2 rings (SSSR count). The van der Waals surface area contributed by atoms with Gasteiger partial charge in [-0.3, -0.25) is 4.98 Å². The second-order valence-electron chi connectivity index (χ2n) is 4.88. The normalized spacial score (nSPS) is 21.1. The van der Waals surface area contributed by atoms with Crippen LogP contribution < -0.4 is 11.1 Å². The Hall–Kier alpha value is -1.70. The Morgan fingerprint density at radius 1 is 1.70 bits per heavy atom. The van der Waals surface area contributed by atoms with E-state index in [1.165, 1.54) is 0 Å². The fourth-order valence-electron chi connectivity index (χ4n) is 2.22. The van der Waals surface area contributed by atoms with Crippen molar-refractivity contribution in [2.24, 2.45) is 10.9 Å². The minimum atomic E-state index is 0.0241. The van der Waals surface area contributed by atoms with Gasteiger partial charge in [-0.25, -0.2) is 0 Å². The van der Waals surface area contributed by atoms with Gasteiger partial charge in [0.1, 0.15) is 5.69 Å². The molecule has 1 fully saturated rings. The molecular weight excluding hydrogens is 258 g/mol. The number of hydrogen-bond acceptors (Lipinski definition) is 6. The van der Waals surface area contributed by atoms with Crippen LogP contribution >= 0.6 is 0 Å². The zero-order valence-corrected chi connectivity index (χ0v) is 11.6. The molecule has 0 aromatic carbocycles. The second-order valence-corrected chi connectivity index (χ2v) is 4.88. The molecule has 0 radical (unpaired) electrons. The standard InChI is InChI=1S/C13H21N5O2/c1-18-5-6-20-11(9-18)8-15-7-10-3-2-4-16-12(10)13(14)17-19/h2-4,11,15,19H,5-9H2,1H3,(H2,14,17). The van der Waals surface area contributed by atoms with Crippen LogP contribution in [0.3, 0.4) is 0 Å². The summed E-state index contributed by atoms with van der Waals surface area (Å²) in [7, 11) is 2.09.